The standard InChI is InChI=1S/C11H20O4/c1-2-4-9(11(13)14)10(12)8-5-3-6-15-7-8/h8-10,12H,2-7H2,1H3,(H,13,14). The zero-order valence-corrected chi connectivity index (χ0v) is 9.19. The summed E-state index contributed by atoms with van der Waals surface area (Å²) in [5, 5.41) is 19.0. The average Bonchev–Trinajstić information content (AvgIpc) is 2.26. The van der Waals surface area contributed by atoms with Crippen LogP contribution in [0.15, 0.2) is 0 Å². The number of hydrogen-bond acceptors (Lipinski definition) is 3. The molecule has 1 fully saturated rings. The molecule has 1 rings (SSSR count). The van der Waals surface area contributed by atoms with E-state index >= 15 is 0 Å². The maximum absolute atomic E-state index is 11.0. The quantitative estimate of drug-likeness (QED) is 0.726. The third-order valence-corrected chi connectivity index (χ3v) is 3.01. The first-order valence-corrected chi connectivity index (χ1v) is 5.65. The minimum absolute atomic E-state index is 0.00796. The lowest BCUT2D eigenvalue weighted by atomic mass is 9.85. The van der Waals surface area contributed by atoms with Gasteiger partial charge in [0, 0.05) is 12.5 Å². The summed E-state index contributed by atoms with van der Waals surface area (Å²) < 4.78 is 5.26. The van der Waals surface area contributed by atoms with Gasteiger partial charge in [0.2, 0.25) is 0 Å². The zero-order chi connectivity index (χ0) is 11.3. The smallest absolute Gasteiger partial charge is 0.309 e. The molecular formula is C11H20O4. The van der Waals surface area contributed by atoms with Crippen LogP contribution in [0.1, 0.15) is 32.6 Å². The van der Waals surface area contributed by atoms with Crippen LogP contribution in [-0.2, 0) is 9.53 Å². The van der Waals surface area contributed by atoms with Crippen LogP contribution < -0.4 is 0 Å². The molecule has 4 nitrogen and oxygen atoms in total. The van der Waals surface area contributed by atoms with Crippen molar-refractivity contribution >= 4 is 5.97 Å². The Bertz CT molecular complexity index is 199. The molecule has 0 aromatic heterocycles. The lowest BCUT2D eigenvalue weighted by Crippen LogP contribution is -2.38. The molecule has 2 N–H and O–H groups in total. The van der Waals surface area contributed by atoms with Crippen molar-refractivity contribution in [3.8, 4) is 0 Å². The monoisotopic (exact) mass is 216 g/mol. The molecule has 15 heavy (non-hydrogen) atoms. The Kier molecular flexibility index (Phi) is 5.05. The van der Waals surface area contributed by atoms with Gasteiger partial charge < -0.3 is 14.9 Å². The average molecular weight is 216 g/mol. The van der Waals surface area contributed by atoms with Gasteiger partial charge in [0.15, 0.2) is 0 Å². The van der Waals surface area contributed by atoms with Gasteiger partial charge >= 0.3 is 5.97 Å². The lowest BCUT2D eigenvalue weighted by molar-refractivity contribution is -0.149. The fourth-order valence-corrected chi connectivity index (χ4v) is 2.11. The van der Waals surface area contributed by atoms with Crippen LogP contribution in [0, 0.1) is 11.8 Å². The molecule has 0 aliphatic carbocycles. The predicted molar refractivity (Wildman–Crippen MR) is 55.6 cm³/mol. The van der Waals surface area contributed by atoms with Crippen molar-refractivity contribution in [2.24, 2.45) is 11.8 Å². The van der Waals surface area contributed by atoms with E-state index in [1.54, 1.807) is 0 Å². The topological polar surface area (TPSA) is 66.8 Å². The molecule has 1 aliphatic heterocycles. The van der Waals surface area contributed by atoms with Crippen molar-refractivity contribution in [3.63, 3.8) is 0 Å². The van der Waals surface area contributed by atoms with E-state index in [-0.39, 0.29) is 5.92 Å². The van der Waals surface area contributed by atoms with Gasteiger partial charge in [0.05, 0.1) is 18.6 Å². The largest absolute Gasteiger partial charge is 0.481 e. The number of ether oxygens (including phenoxy) is 1. The third kappa shape index (κ3) is 3.47. The van der Waals surface area contributed by atoms with Crippen molar-refractivity contribution in [1.29, 1.82) is 0 Å². The maximum Gasteiger partial charge on any atom is 0.309 e. The van der Waals surface area contributed by atoms with E-state index in [1.165, 1.54) is 0 Å². The maximum atomic E-state index is 11.0. The minimum Gasteiger partial charge on any atom is -0.481 e. The second-order valence-electron chi connectivity index (χ2n) is 4.20. The molecular weight excluding hydrogens is 196 g/mol. The van der Waals surface area contributed by atoms with Gasteiger partial charge in [-0.05, 0) is 19.3 Å². The number of carbonyl (C=O) groups is 1. The first-order valence-electron chi connectivity index (χ1n) is 5.65. The first kappa shape index (κ1) is 12.5. The van der Waals surface area contributed by atoms with E-state index in [1.807, 2.05) is 6.92 Å². The third-order valence-electron chi connectivity index (χ3n) is 3.01. The molecule has 88 valence electrons. The molecule has 3 atom stereocenters. The summed E-state index contributed by atoms with van der Waals surface area (Å²) in [6.07, 6.45) is 2.34. The summed E-state index contributed by atoms with van der Waals surface area (Å²) in [4.78, 5) is 11.0. The molecule has 1 heterocycles. The van der Waals surface area contributed by atoms with Crippen LogP contribution in [-0.4, -0.2) is 35.5 Å². The van der Waals surface area contributed by atoms with Crippen LogP contribution in [0.4, 0.5) is 0 Å². The molecule has 0 radical (unpaired) electrons. The van der Waals surface area contributed by atoms with Gasteiger partial charge in [-0.25, -0.2) is 0 Å². The summed E-state index contributed by atoms with van der Waals surface area (Å²) in [6.45, 7) is 3.16. The van der Waals surface area contributed by atoms with Crippen LogP contribution in [0.5, 0.6) is 0 Å². The molecule has 1 saturated heterocycles. The number of carboxylic acid groups (broad SMARTS) is 1. The molecule has 0 aromatic rings. The molecule has 4 heteroatoms. The minimum atomic E-state index is -0.894. The van der Waals surface area contributed by atoms with Crippen LogP contribution >= 0.6 is 0 Å². The Labute approximate surface area is 90.2 Å². The van der Waals surface area contributed by atoms with Gasteiger partial charge in [0.1, 0.15) is 0 Å². The normalized spacial score (nSPS) is 25.9. The molecule has 0 amide bonds. The van der Waals surface area contributed by atoms with E-state index in [0.717, 1.165) is 25.9 Å². The summed E-state index contributed by atoms with van der Waals surface area (Å²) in [5.74, 6) is -1.54. The van der Waals surface area contributed by atoms with Crippen molar-refractivity contribution in [2.45, 2.75) is 38.7 Å². The van der Waals surface area contributed by atoms with Crippen LogP contribution in [0.3, 0.4) is 0 Å². The SMILES string of the molecule is CCCC(C(=O)O)C(O)C1CCCOC1. The Morgan fingerprint density at radius 1 is 1.60 bits per heavy atom. The van der Waals surface area contributed by atoms with E-state index in [4.69, 9.17) is 9.84 Å². The van der Waals surface area contributed by atoms with Gasteiger partial charge in [-0.15, -0.1) is 0 Å². The van der Waals surface area contributed by atoms with Crippen molar-refractivity contribution in [2.75, 3.05) is 13.2 Å². The van der Waals surface area contributed by atoms with Gasteiger partial charge in [-0.1, -0.05) is 13.3 Å². The number of aliphatic hydroxyl groups is 1. The summed E-state index contributed by atoms with van der Waals surface area (Å²) >= 11 is 0. The summed E-state index contributed by atoms with van der Waals surface area (Å²) in [6, 6.07) is 0. The summed E-state index contributed by atoms with van der Waals surface area (Å²) in [5.41, 5.74) is 0. The summed E-state index contributed by atoms with van der Waals surface area (Å²) in [7, 11) is 0. The highest BCUT2D eigenvalue weighted by Crippen LogP contribution is 2.25. The number of rotatable bonds is 5. The van der Waals surface area contributed by atoms with Crippen molar-refractivity contribution < 1.29 is 19.7 Å². The number of aliphatic carboxylic acids is 1. The van der Waals surface area contributed by atoms with Gasteiger partial charge in [0.25, 0.3) is 0 Å². The Balaban J connectivity index is 2.53. The lowest BCUT2D eigenvalue weighted by Gasteiger charge is -2.30. The fraction of sp³-hybridized carbons (Fsp3) is 0.909. The van der Waals surface area contributed by atoms with Crippen LogP contribution in [0.25, 0.3) is 0 Å². The highest BCUT2D eigenvalue weighted by atomic mass is 16.5. The second-order valence-corrected chi connectivity index (χ2v) is 4.20. The Morgan fingerprint density at radius 2 is 2.33 bits per heavy atom. The number of hydrogen-bond donors (Lipinski definition) is 2. The van der Waals surface area contributed by atoms with E-state index < -0.39 is 18.0 Å². The van der Waals surface area contributed by atoms with E-state index in [2.05, 4.69) is 0 Å². The van der Waals surface area contributed by atoms with E-state index in [0.29, 0.717) is 13.0 Å². The van der Waals surface area contributed by atoms with Crippen molar-refractivity contribution in [3.05, 3.63) is 0 Å². The molecule has 0 bridgehead atoms. The molecule has 0 spiro atoms. The predicted octanol–water partition coefficient (Wildman–Crippen LogP) is 1.27. The number of aliphatic hydroxyl groups excluding tert-OH is 1. The van der Waals surface area contributed by atoms with E-state index in [9.17, 15) is 9.90 Å². The Hall–Kier alpha value is -0.610. The van der Waals surface area contributed by atoms with Gasteiger partial charge in [-0.3, -0.25) is 4.79 Å². The van der Waals surface area contributed by atoms with Gasteiger partial charge in [-0.2, -0.15) is 0 Å². The molecule has 1 aliphatic rings. The molecule has 0 saturated carbocycles. The first-order chi connectivity index (χ1) is 7.16. The Morgan fingerprint density at radius 3 is 2.80 bits per heavy atom. The van der Waals surface area contributed by atoms with Crippen LogP contribution in [0.2, 0.25) is 0 Å². The molecule has 0 aromatic carbocycles. The second kappa shape index (κ2) is 6.08. The molecule has 3 unspecified atom stereocenters. The fourth-order valence-electron chi connectivity index (χ4n) is 2.11. The highest BCUT2D eigenvalue weighted by Gasteiger charge is 2.33. The highest BCUT2D eigenvalue weighted by molar-refractivity contribution is 5.70. The number of carboxylic acids is 1. The van der Waals surface area contributed by atoms with Crippen molar-refractivity contribution in [1.82, 2.24) is 0 Å². The zero-order valence-electron chi connectivity index (χ0n) is 9.19.